The van der Waals surface area contributed by atoms with Gasteiger partial charge < -0.3 is 16.0 Å². The number of carbonyl (C=O) groups excluding carboxylic acids is 1. The molecule has 1 heterocycles. The van der Waals surface area contributed by atoms with Gasteiger partial charge in [-0.15, -0.1) is 0 Å². The Bertz CT molecular complexity index is 471. The van der Waals surface area contributed by atoms with Crippen LogP contribution in [-0.2, 0) is 0 Å². The van der Waals surface area contributed by atoms with Crippen LogP contribution in [0.2, 0.25) is 0 Å². The van der Waals surface area contributed by atoms with Crippen LogP contribution in [0.4, 0.5) is 5.69 Å². The van der Waals surface area contributed by atoms with E-state index in [1.807, 2.05) is 12.1 Å². The van der Waals surface area contributed by atoms with Crippen LogP contribution in [0, 0.1) is 0 Å². The van der Waals surface area contributed by atoms with Gasteiger partial charge in [-0.3, -0.25) is 4.79 Å². The first kappa shape index (κ1) is 14.4. The zero-order chi connectivity index (χ0) is 14.7. The topological polar surface area (TPSA) is 58.4 Å². The molecule has 1 saturated heterocycles. The molecular formula is C17H25N3O. The van der Waals surface area contributed by atoms with Crippen LogP contribution in [0.25, 0.3) is 0 Å². The van der Waals surface area contributed by atoms with Crippen LogP contribution >= 0.6 is 0 Å². The molecule has 1 amide bonds. The number of nitrogens with two attached hydrogens (primary N) is 1. The zero-order valence-electron chi connectivity index (χ0n) is 12.6. The standard InChI is InChI=1S/C17H25N3O/c18-14-5-7-15(8-6-14)19-17(21)13-3-9-16(10-4-13)20-11-1-2-12-20/h3-4,9-10,14-15H,1-2,5-8,11-12,18H2,(H,19,21)/t14-,15-. The number of amides is 1. The number of rotatable bonds is 3. The van der Waals surface area contributed by atoms with Gasteiger partial charge in [0.15, 0.2) is 0 Å². The van der Waals surface area contributed by atoms with Gasteiger partial charge in [0, 0.05) is 36.4 Å². The first-order valence-electron chi connectivity index (χ1n) is 8.14. The van der Waals surface area contributed by atoms with Gasteiger partial charge in [-0.25, -0.2) is 0 Å². The average molecular weight is 287 g/mol. The third-order valence-corrected chi connectivity index (χ3v) is 4.71. The van der Waals surface area contributed by atoms with Crippen LogP contribution in [-0.4, -0.2) is 31.1 Å². The Morgan fingerprint density at radius 1 is 1.05 bits per heavy atom. The van der Waals surface area contributed by atoms with Crippen LogP contribution in [0.15, 0.2) is 24.3 Å². The first-order chi connectivity index (χ1) is 10.2. The Labute approximate surface area is 126 Å². The largest absolute Gasteiger partial charge is 0.372 e. The number of carbonyl (C=O) groups is 1. The Morgan fingerprint density at radius 3 is 2.29 bits per heavy atom. The van der Waals surface area contributed by atoms with Crippen molar-refractivity contribution in [2.75, 3.05) is 18.0 Å². The SMILES string of the molecule is N[C@H]1CC[C@H](NC(=O)c2ccc(N3CCCC3)cc2)CC1. The minimum absolute atomic E-state index is 0.0449. The lowest BCUT2D eigenvalue weighted by Crippen LogP contribution is -2.40. The van der Waals surface area contributed by atoms with Crippen LogP contribution in [0.1, 0.15) is 48.9 Å². The van der Waals surface area contributed by atoms with E-state index in [2.05, 4.69) is 22.3 Å². The van der Waals surface area contributed by atoms with E-state index in [1.54, 1.807) is 0 Å². The summed E-state index contributed by atoms with van der Waals surface area (Å²) in [6, 6.07) is 8.62. The summed E-state index contributed by atoms with van der Waals surface area (Å²) in [6.07, 6.45) is 6.56. The molecule has 4 heteroatoms. The summed E-state index contributed by atoms with van der Waals surface area (Å²) in [5.74, 6) is 0.0449. The molecule has 0 radical (unpaired) electrons. The molecule has 1 aliphatic carbocycles. The Morgan fingerprint density at radius 2 is 1.67 bits per heavy atom. The normalized spacial score (nSPS) is 25.9. The van der Waals surface area contributed by atoms with E-state index in [0.29, 0.717) is 6.04 Å². The van der Waals surface area contributed by atoms with E-state index in [-0.39, 0.29) is 11.9 Å². The van der Waals surface area contributed by atoms with E-state index >= 15 is 0 Å². The van der Waals surface area contributed by atoms with Crippen LogP contribution < -0.4 is 16.0 Å². The summed E-state index contributed by atoms with van der Waals surface area (Å²) < 4.78 is 0. The molecule has 0 spiro atoms. The van der Waals surface area contributed by atoms with Crippen molar-refractivity contribution in [3.05, 3.63) is 29.8 Å². The quantitative estimate of drug-likeness (QED) is 0.896. The van der Waals surface area contributed by atoms with E-state index in [1.165, 1.54) is 18.5 Å². The van der Waals surface area contributed by atoms with Crippen molar-refractivity contribution in [1.82, 2.24) is 5.32 Å². The highest BCUT2D eigenvalue weighted by atomic mass is 16.1. The summed E-state index contributed by atoms with van der Waals surface area (Å²) in [5.41, 5.74) is 7.88. The number of nitrogens with one attached hydrogen (secondary N) is 1. The highest BCUT2D eigenvalue weighted by molar-refractivity contribution is 5.94. The van der Waals surface area contributed by atoms with E-state index in [0.717, 1.165) is 44.3 Å². The number of hydrogen-bond donors (Lipinski definition) is 2. The molecule has 114 valence electrons. The minimum atomic E-state index is 0.0449. The molecule has 4 nitrogen and oxygen atoms in total. The van der Waals surface area contributed by atoms with E-state index < -0.39 is 0 Å². The second-order valence-corrected chi connectivity index (χ2v) is 6.33. The van der Waals surface area contributed by atoms with Gasteiger partial charge >= 0.3 is 0 Å². The molecule has 0 aromatic heterocycles. The van der Waals surface area contributed by atoms with Crippen molar-refractivity contribution >= 4 is 11.6 Å². The van der Waals surface area contributed by atoms with E-state index in [9.17, 15) is 4.79 Å². The highest BCUT2D eigenvalue weighted by Gasteiger charge is 2.20. The smallest absolute Gasteiger partial charge is 0.251 e. The van der Waals surface area contributed by atoms with Gasteiger partial charge in [0.05, 0.1) is 0 Å². The van der Waals surface area contributed by atoms with Gasteiger partial charge in [0.1, 0.15) is 0 Å². The predicted octanol–water partition coefficient (Wildman–Crippen LogP) is 2.29. The molecule has 2 fully saturated rings. The van der Waals surface area contributed by atoms with Crippen molar-refractivity contribution in [3.8, 4) is 0 Å². The zero-order valence-corrected chi connectivity index (χ0v) is 12.6. The molecular weight excluding hydrogens is 262 g/mol. The average Bonchev–Trinajstić information content (AvgIpc) is 3.04. The van der Waals surface area contributed by atoms with Gasteiger partial charge in [-0.1, -0.05) is 0 Å². The lowest BCUT2D eigenvalue weighted by molar-refractivity contribution is 0.0926. The monoisotopic (exact) mass is 287 g/mol. The molecule has 1 aliphatic heterocycles. The molecule has 0 bridgehead atoms. The second kappa shape index (κ2) is 6.48. The Kier molecular flexibility index (Phi) is 4.44. The Hall–Kier alpha value is -1.55. The second-order valence-electron chi connectivity index (χ2n) is 6.33. The van der Waals surface area contributed by atoms with Crippen molar-refractivity contribution in [2.45, 2.75) is 50.6 Å². The van der Waals surface area contributed by atoms with Gasteiger partial charge in [0.25, 0.3) is 5.91 Å². The molecule has 3 rings (SSSR count). The first-order valence-corrected chi connectivity index (χ1v) is 8.14. The van der Waals surface area contributed by atoms with Crippen molar-refractivity contribution in [2.24, 2.45) is 5.73 Å². The maximum Gasteiger partial charge on any atom is 0.251 e. The fourth-order valence-electron chi connectivity index (χ4n) is 3.33. The molecule has 0 unspecified atom stereocenters. The van der Waals surface area contributed by atoms with Gasteiger partial charge in [0.2, 0.25) is 0 Å². The third kappa shape index (κ3) is 3.56. The number of nitrogens with zero attached hydrogens (tertiary/aromatic N) is 1. The lowest BCUT2D eigenvalue weighted by atomic mass is 9.91. The number of hydrogen-bond acceptors (Lipinski definition) is 3. The molecule has 1 aromatic carbocycles. The third-order valence-electron chi connectivity index (χ3n) is 4.71. The van der Waals surface area contributed by atoms with Gasteiger partial charge in [-0.05, 0) is 62.8 Å². The maximum atomic E-state index is 12.3. The summed E-state index contributed by atoms with van der Waals surface area (Å²) in [7, 11) is 0. The molecule has 1 saturated carbocycles. The fourth-order valence-corrected chi connectivity index (χ4v) is 3.33. The number of anilines is 1. The van der Waals surface area contributed by atoms with Gasteiger partial charge in [-0.2, -0.15) is 0 Å². The summed E-state index contributed by atoms with van der Waals surface area (Å²) in [4.78, 5) is 14.7. The summed E-state index contributed by atoms with van der Waals surface area (Å²) in [5, 5.41) is 3.14. The molecule has 21 heavy (non-hydrogen) atoms. The molecule has 1 aromatic rings. The summed E-state index contributed by atoms with van der Waals surface area (Å²) >= 11 is 0. The van der Waals surface area contributed by atoms with Crippen molar-refractivity contribution in [1.29, 1.82) is 0 Å². The van der Waals surface area contributed by atoms with Crippen molar-refractivity contribution in [3.63, 3.8) is 0 Å². The Balaban J connectivity index is 1.57. The highest BCUT2D eigenvalue weighted by Crippen LogP contribution is 2.21. The number of benzene rings is 1. The maximum absolute atomic E-state index is 12.3. The predicted molar refractivity (Wildman–Crippen MR) is 85.6 cm³/mol. The van der Waals surface area contributed by atoms with E-state index in [4.69, 9.17) is 5.73 Å². The molecule has 3 N–H and O–H groups in total. The van der Waals surface area contributed by atoms with Crippen molar-refractivity contribution < 1.29 is 4.79 Å². The molecule has 0 atom stereocenters. The fraction of sp³-hybridized carbons (Fsp3) is 0.588. The lowest BCUT2D eigenvalue weighted by Gasteiger charge is -2.26. The van der Waals surface area contributed by atoms with Crippen LogP contribution in [0.5, 0.6) is 0 Å². The van der Waals surface area contributed by atoms with Crippen LogP contribution in [0.3, 0.4) is 0 Å². The molecule has 2 aliphatic rings. The minimum Gasteiger partial charge on any atom is -0.372 e. The summed E-state index contributed by atoms with van der Waals surface area (Å²) in [6.45, 7) is 2.27.